The summed E-state index contributed by atoms with van der Waals surface area (Å²) in [6.45, 7) is 0.248. The Kier molecular flexibility index (Phi) is 4.88. The van der Waals surface area contributed by atoms with Crippen LogP contribution in [0.15, 0.2) is 66.1 Å². The Labute approximate surface area is 133 Å². The highest BCUT2D eigenvalue weighted by molar-refractivity contribution is 7.99. The lowest BCUT2D eigenvalue weighted by molar-refractivity contribution is 0.126. The zero-order valence-electron chi connectivity index (χ0n) is 11.9. The second kappa shape index (κ2) is 7.24. The van der Waals surface area contributed by atoms with E-state index in [2.05, 4.69) is 16.0 Å². The summed E-state index contributed by atoms with van der Waals surface area (Å²) in [5.41, 5.74) is 0. The van der Waals surface area contributed by atoms with Crippen LogP contribution in [0.5, 0.6) is 5.75 Å². The predicted molar refractivity (Wildman–Crippen MR) is 88.2 cm³/mol. The lowest BCUT2D eigenvalue weighted by Gasteiger charge is -2.12. The maximum atomic E-state index is 9.98. The van der Waals surface area contributed by atoms with Gasteiger partial charge >= 0.3 is 0 Å². The topological polar surface area (TPSA) is 55.2 Å². The molecule has 0 saturated carbocycles. The minimum Gasteiger partial charge on any atom is -0.491 e. The van der Waals surface area contributed by atoms with E-state index >= 15 is 0 Å². The predicted octanol–water partition coefficient (Wildman–Crippen LogP) is 3.16. The van der Waals surface area contributed by atoms with Crippen LogP contribution in [0.1, 0.15) is 0 Å². The normalized spacial score (nSPS) is 12.2. The van der Waals surface area contributed by atoms with Gasteiger partial charge in [-0.2, -0.15) is 0 Å². The van der Waals surface area contributed by atoms with Crippen LogP contribution in [0.2, 0.25) is 0 Å². The van der Waals surface area contributed by atoms with E-state index in [9.17, 15) is 5.11 Å². The fourth-order valence-corrected chi connectivity index (χ4v) is 2.74. The molecule has 3 aromatic rings. The fourth-order valence-electron chi connectivity index (χ4n) is 2.03. The van der Waals surface area contributed by atoms with Crippen molar-refractivity contribution in [2.45, 2.75) is 11.3 Å². The van der Waals surface area contributed by atoms with Gasteiger partial charge in [0.05, 0.1) is 6.10 Å². The van der Waals surface area contributed by atoms with Gasteiger partial charge in [0.15, 0.2) is 5.16 Å². The van der Waals surface area contributed by atoms with Crippen LogP contribution in [0.4, 0.5) is 0 Å². The third kappa shape index (κ3) is 3.96. The van der Waals surface area contributed by atoms with Gasteiger partial charge < -0.3 is 9.84 Å². The average molecular weight is 312 g/mol. The van der Waals surface area contributed by atoms with Gasteiger partial charge in [0, 0.05) is 18.1 Å². The number of hydrogen-bond acceptors (Lipinski definition) is 5. The number of benzene rings is 2. The van der Waals surface area contributed by atoms with E-state index in [1.54, 1.807) is 18.5 Å². The van der Waals surface area contributed by atoms with Gasteiger partial charge in [0.25, 0.3) is 0 Å². The molecule has 22 heavy (non-hydrogen) atoms. The molecule has 5 heteroatoms. The van der Waals surface area contributed by atoms with Gasteiger partial charge in [-0.3, -0.25) is 0 Å². The van der Waals surface area contributed by atoms with Gasteiger partial charge in [-0.25, -0.2) is 9.97 Å². The lowest BCUT2D eigenvalue weighted by Crippen LogP contribution is -2.20. The number of thioether (sulfide) groups is 1. The van der Waals surface area contributed by atoms with Gasteiger partial charge in [0.1, 0.15) is 12.4 Å². The van der Waals surface area contributed by atoms with Crippen molar-refractivity contribution < 1.29 is 9.84 Å². The Hall–Kier alpha value is -2.11. The number of aromatic nitrogens is 2. The minimum atomic E-state index is -0.569. The summed E-state index contributed by atoms with van der Waals surface area (Å²) in [7, 11) is 0. The number of rotatable bonds is 6. The molecule has 0 aliphatic heterocycles. The highest BCUT2D eigenvalue weighted by atomic mass is 32.2. The summed E-state index contributed by atoms with van der Waals surface area (Å²) in [6, 6.07) is 15.8. The van der Waals surface area contributed by atoms with Gasteiger partial charge in [0.2, 0.25) is 0 Å². The molecule has 0 aliphatic rings. The SMILES string of the molecule is OC(COc1ccc2ccccc2c1)CSc1ncccn1. The Balaban J connectivity index is 1.52. The minimum absolute atomic E-state index is 0.248. The number of aliphatic hydroxyl groups excluding tert-OH is 1. The third-order valence-electron chi connectivity index (χ3n) is 3.11. The van der Waals surface area contributed by atoms with Crippen LogP contribution in [-0.2, 0) is 0 Å². The van der Waals surface area contributed by atoms with Crippen molar-refractivity contribution in [3.05, 3.63) is 60.9 Å². The van der Waals surface area contributed by atoms with E-state index in [1.165, 1.54) is 17.1 Å². The van der Waals surface area contributed by atoms with E-state index in [4.69, 9.17) is 4.74 Å². The summed E-state index contributed by atoms with van der Waals surface area (Å²) < 4.78 is 5.66. The number of hydrogen-bond donors (Lipinski definition) is 1. The molecule has 3 rings (SSSR count). The summed E-state index contributed by atoms with van der Waals surface area (Å²) in [6.07, 6.45) is 2.81. The summed E-state index contributed by atoms with van der Waals surface area (Å²) >= 11 is 1.41. The van der Waals surface area contributed by atoms with Crippen molar-refractivity contribution in [3.8, 4) is 5.75 Å². The smallest absolute Gasteiger partial charge is 0.187 e. The number of ether oxygens (including phenoxy) is 1. The second-order valence-electron chi connectivity index (χ2n) is 4.82. The standard InChI is InChI=1S/C17H16N2O2S/c20-15(12-22-17-18-8-3-9-19-17)11-21-16-7-6-13-4-1-2-5-14(13)10-16/h1-10,15,20H,11-12H2. The van der Waals surface area contributed by atoms with Crippen molar-refractivity contribution >= 4 is 22.5 Å². The molecule has 0 saturated heterocycles. The largest absolute Gasteiger partial charge is 0.491 e. The summed E-state index contributed by atoms with van der Waals surface area (Å²) in [4.78, 5) is 8.21. The molecule has 1 atom stereocenters. The van der Waals surface area contributed by atoms with Crippen molar-refractivity contribution in [1.82, 2.24) is 9.97 Å². The van der Waals surface area contributed by atoms with Crippen LogP contribution in [0.3, 0.4) is 0 Å². The van der Waals surface area contributed by atoms with E-state index in [0.29, 0.717) is 10.9 Å². The van der Waals surface area contributed by atoms with Crippen LogP contribution in [0, 0.1) is 0 Å². The molecular formula is C17H16N2O2S. The first kappa shape index (κ1) is 14.8. The summed E-state index contributed by atoms with van der Waals surface area (Å²) in [5.74, 6) is 1.26. The third-order valence-corrected chi connectivity index (χ3v) is 4.13. The molecule has 4 nitrogen and oxygen atoms in total. The number of nitrogens with zero attached hydrogens (tertiary/aromatic N) is 2. The van der Waals surface area contributed by atoms with Crippen LogP contribution in [0.25, 0.3) is 10.8 Å². The van der Waals surface area contributed by atoms with Gasteiger partial charge in [-0.1, -0.05) is 42.1 Å². The molecule has 0 spiro atoms. The molecule has 2 aromatic carbocycles. The van der Waals surface area contributed by atoms with Crippen molar-refractivity contribution in [3.63, 3.8) is 0 Å². The van der Waals surface area contributed by atoms with Crippen LogP contribution in [-0.4, -0.2) is 33.5 Å². The molecule has 1 N–H and O–H groups in total. The van der Waals surface area contributed by atoms with Crippen molar-refractivity contribution in [2.75, 3.05) is 12.4 Å². The zero-order chi connectivity index (χ0) is 15.2. The molecule has 0 fully saturated rings. The number of fused-ring (bicyclic) bond motifs is 1. The van der Waals surface area contributed by atoms with Crippen molar-refractivity contribution in [2.24, 2.45) is 0 Å². The first-order valence-corrected chi connectivity index (χ1v) is 7.99. The quantitative estimate of drug-likeness (QED) is 0.560. The molecule has 112 valence electrons. The Bertz CT molecular complexity index is 737. The van der Waals surface area contributed by atoms with E-state index < -0.39 is 6.10 Å². The second-order valence-corrected chi connectivity index (χ2v) is 5.80. The van der Waals surface area contributed by atoms with E-state index in [1.807, 2.05) is 36.4 Å². The van der Waals surface area contributed by atoms with Gasteiger partial charge in [-0.05, 0) is 29.0 Å². The zero-order valence-corrected chi connectivity index (χ0v) is 12.7. The van der Waals surface area contributed by atoms with Crippen molar-refractivity contribution in [1.29, 1.82) is 0 Å². The summed E-state index contributed by atoms with van der Waals surface area (Å²) in [5, 5.41) is 12.9. The molecule has 0 radical (unpaired) electrons. The molecule has 0 bridgehead atoms. The highest BCUT2D eigenvalue weighted by Gasteiger charge is 2.08. The fraction of sp³-hybridized carbons (Fsp3) is 0.176. The van der Waals surface area contributed by atoms with Crippen LogP contribution >= 0.6 is 11.8 Å². The molecule has 0 aliphatic carbocycles. The molecular weight excluding hydrogens is 296 g/mol. The van der Waals surface area contributed by atoms with E-state index in [-0.39, 0.29) is 6.61 Å². The Morgan fingerprint density at radius 3 is 2.59 bits per heavy atom. The monoisotopic (exact) mass is 312 g/mol. The Morgan fingerprint density at radius 1 is 1.00 bits per heavy atom. The Morgan fingerprint density at radius 2 is 1.77 bits per heavy atom. The average Bonchev–Trinajstić information content (AvgIpc) is 2.59. The van der Waals surface area contributed by atoms with Gasteiger partial charge in [-0.15, -0.1) is 0 Å². The molecule has 1 unspecified atom stereocenters. The first-order valence-electron chi connectivity index (χ1n) is 7.01. The number of aliphatic hydroxyl groups is 1. The first-order chi connectivity index (χ1) is 10.8. The molecule has 0 amide bonds. The van der Waals surface area contributed by atoms with E-state index in [0.717, 1.165) is 11.1 Å². The highest BCUT2D eigenvalue weighted by Crippen LogP contribution is 2.21. The molecule has 1 heterocycles. The molecule has 1 aromatic heterocycles. The maximum absolute atomic E-state index is 9.98. The maximum Gasteiger partial charge on any atom is 0.187 e. The van der Waals surface area contributed by atoms with Crippen LogP contribution < -0.4 is 4.74 Å². The lowest BCUT2D eigenvalue weighted by atomic mass is 10.1.